The molecule has 1 aromatic rings. The van der Waals surface area contributed by atoms with Crippen molar-refractivity contribution in [2.75, 3.05) is 0 Å². The van der Waals surface area contributed by atoms with Crippen LogP contribution in [0.4, 0.5) is 0 Å². The van der Waals surface area contributed by atoms with Gasteiger partial charge in [0.05, 0.1) is 12.0 Å². The fraction of sp³-hybridized carbons (Fsp3) is 0.700. The van der Waals surface area contributed by atoms with Crippen molar-refractivity contribution in [3.05, 3.63) is 17.7 Å². The number of hydrogen-bond acceptors (Lipinski definition) is 1. The second kappa shape index (κ2) is 2.35. The smallest absolute Gasteiger partial charge is 0.0925 e. The normalized spacial score (nSPS) is 22.8. The van der Waals surface area contributed by atoms with Crippen molar-refractivity contribution in [1.29, 1.82) is 0 Å². The van der Waals surface area contributed by atoms with E-state index in [2.05, 4.69) is 30.7 Å². The predicted octanol–water partition coefficient (Wildman–Crippen LogP) is 2.49. The predicted molar refractivity (Wildman–Crippen MR) is 49.1 cm³/mol. The highest BCUT2D eigenvalue weighted by Gasteiger charge is 2.33. The lowest BCUT2D eigenvalue weighted by molar-refractivity contribution is 0.314. The van der Waals surface area contributed by atoms with Gasteiger partial charge in [0.25, 0.3) is 0 Å². The fourth-order valence-corrected chi connectivity index (χ4v) is 2.10. The third-order valence-electron chi connectivity index (χ3n) is 2.81. The van der Waals surface area contributed by atoms with Crippen LogP contribution in [0, 0.1) is 5.41 Å². The lowest BCUT2D eigenvalue weighted by Gasteiger charge is -2.25. The third-order valence-corrected chi connectivity index (χ3v) is 2.81. The zero-order chi connectivity index (χ0) is 8.77. The first-order chi connectivity index (χ1) is 5.59. The Bertz CT molecular complexity index is 280. The molecule has 0 bridgehead atoms. The lowest BCUT2D eigenvalue weighted by Crippen LogP contribution is -2.16. The van der Waals surface area contributed by atoms with E-state index in [4.69, 9.17) is 0 Å². The minimum atomic E-state index is 0.362. The van der Waals surface area contributed by atoms with Crippen LogP contribution >= 0.6 is 0 Å². The summed E-state index contributed by atoms with van der Waals surface area (Å²) in [6.07, 6.45) is 4.26. The van der Waals surface area contributed by atoms with E-state index in [1.165, 1.54) is 24.2 Å². The number of nitrogens with zero attached hydrogens (tertiary/aromatic N) is 1. The van der Waals surface area contributed by atoms with Crippen LogP contribution in [0.5, 0.6) is 0 Å². The molecule has 0 radical (unpaired) electrons. The van der Waals surface area contributed by atoms with Crippen molar-refractivity contribution < 1.29 is 0 Å². The molecule has 0 fully saturated rings. The summed E-state index contributed by atoms with van der Waals surface area (Å²) in [4.78, 5) is 7.60. The summed E-state index contributed by atoms with van der Waals surface area (Å²) in [5.74, 6) is 0.652. The van der Waals surface area contributed by atoms with E-state index in [1.54, 1.807) is 0 Å². The number of imidazole rings is 1. The number of aromatic amines is 1. The van der Waals surface area contributed by atoms with Crippen molar-refractivity contribution in [2.24, 2.45) is 5.41 Å². The molecule has 1 aromatic heterocycles. The topological polar surface area (TPSA) is 28.7 Å². The molecule has 0 saturated carbocycles. The van der Waals surface area contributed by atoms with E-state index in [0.717, 1.165) is 0 Å². The van der Waals surface area contributed by atoms with Crippen LogP contribution in [0.3, 0.4) is 0 Å². The monoisotopic (exact) mass is 164 g/mol. The van der Waals surface area contributed by atoms with Gasteiger partial charge in [-0.2, -0.15) is 0 Å². The molecule has 0 saturated heterocycles. The lowest BCUT2D eigenvalue weighted by atomic mass is 9.79. The highest BCUT2D eigenvalue weighted by atomic mass is 14.9. The fourth-order valence-electron chi connectivity index (χ4n) is 2.10. The van der Waals surface area contributed by atoms with E-state index in [-0.39, 0.29) is 0 Å². The van der Waals surface area contributed by atoms with Crippen molar-refractivity contribution >= 4 is 0 Å². The molecule has 66 valence electrons. The number of fused-ring (bicyclic) bond motifs is 1. The summed E-state index contributed by atoms with van der Waals surface area (Å²) in [5.41, 5.74) is 3.03. The van der Waals surface area contributed by atoms with E-state index < -0.39 is 0 Å². The van der Waals surface area contributed by atoms with Gasteiger partial charge in [-0.3, -0.25) is 0 Å². The Labute approximate surface area is 73.4 Å². The quantitative estimate of drug-likeness (QED) is 0.627. The first kappa shape index (κ1) is 7.84. The third kappa shape index (κ3) is 1.06. The van der Waals surface area contributed by atoms with Gasteiger partial charge in [-0.05, 0) is 18.3 Å². The number of aryl methyl sites for hydroxylation is 1. The molecule has 1 heterocycles. The standard InChI is InChI=1S/C10H16N2/c1-10(2,3)7-4-5-8-9(7)12-6-11-8/h6-7H,4-5H2,1-3H3,(H,11,12). The molecule has 2 nitrogen and oxygen atoms in total. The van der Waals surface area contributed by atoms with Gasteiger partial charge in [0.15, 0.2) is 0 Å². The van der Waals surface area contributed by atoms with Gasteiger partial charge in [-0.1, -0.05) is 20.8 Å². The molecule has 12 heavy (non-hydrogen) atoms. The SMILES string of the molecule is CC(C)(C)C1CCc2[nH]cnc21. The van der Waals surface area contributed by atoms with Crippen LogP contribution in [0.2, 0.25) is 0 Å². The summed E-state index contributed by atoms with van der Waals surface area (Å²) in [5, 5.41) is 0. The van der Waals surface area contributed by atoms with Crippen LogP contribution in [0.25, 0.3) is 0 Å². The first-order valence-corrected chi connectivity index (χ1v) is 4.61. The maximum Gasteiger partial charge on any atom is 0.0925 e. The van der Waals surface area contributed by atoms with Crippen LogP contribution in [0.15, 0.2) is 6.33 Å². The van der Waals surface area contributed by atoms with E-state index in [9.17, 15) is 0 Å². The Morgan fingerprint density at radius 2 is 2.25 bits per heavy atom. The Hall–Kier alpha value is -0.790. The molecule has 0 amide bonds. The molecule has 1 N–H and O–H groups in total. The maximum atomic E-state index is 4.39. The molecule has 1 atom stereocenters. The average Bonchev–Trinajstić information content (AvgIpc) is 2.37. The molecule has 2 rings (SSSR count). The Morgan fingerprint density at radius 1 is 1.50 bits per heavy atom. The van der Waals surface area contributed by atoms with Crippen molar-refractivity contribution in [3.8, 4) is 0 Å². The minimum absolute atomic E-state index is 0.362. The Balaban J connectivity index is 2.34. The van der Waals surface area contributed by atoms with Gasteiger partial charge in [-0.15, -0.1) is 0 Å². The number of aromatic nitrogens is 2. The molecule has 1 unspecified atom stereocenters. The van der Waals surface area contributed by atoms with Gasteiger partial charge in [0.2, 0.25) is 0 Å². The van der Waals surface area contributed by atoms with Gasteiger partial charge in [-0.25, -0.2) is 4.98 Å². The van der Waals surface area contributed by atoms with Crippen molar-refractivity contribution in [1.82, 2.24) is 9.97 Å². The van der Waals surface area contributed by atoms with Gasteiger partial charge < -0.3 is 4.98 Å². The minimum Gasteiger partial charge on any atom is -0.348 e. The number of H-pyrrole nitrogens is 1. The van der Waals surface area contributed by atoms with Crippen LogP contribution in [-0.4, -0.2) is 9.97 Å². The molecular formula is C10H16N2. The zero-order valence-electron chi connectivity index (χ0n) is 8.02. The Morgan fingerprint density at radius 3 is 2.92 bits per heavy atom. The van der Waals surface area contributed by atoms with E-state index in [1.807, 2.05) is 6.33 Å². The van der Waals surface area contributed by atoms with Crippen LogP contribution < -0.4 is 0 Å². The van der Waals surface area contributed by atoms with Gasteiger partial charge >= 0.3 is 0 Å². The number of hydrogen-bond donors (Lipinski definition) is 1. The second-order valence-corrected chi connectivity index (χ2v) is 4.72. The number of nitrogens with one attached hydrogen (secondary N) is 1. The van der Waals surface area contributed by atoms with Gasteiger partial charge in [0, 0.05) is 11.6 Å². The molecule has 0 aliphatic heterocycles. The summed E-state index contributed by atoms with van der Waals surface area (Å²) in [6, 6.07) is 0. The van der Waals surface area contributed by atoms with E-state index >= 15 is 0 Å². The summed E-state index contributed by atoms with van der Waals surface area (Å²) < 4.78 is 0. The molecule has 1 aliphatic rings. The highest BCUT2D eigenvalue weighted by molar-refractivity contribution is 5.24. The Kier molecular flexibility index (Phi) is 1.53. The summed E-state index contributed by atoms with van der Waals surface area (Å²) in [7, 11) is 0. The highest BCUT2D eigenvalue weighted by Crippen LogP contribution is 2.42. The zero-order valence-corrected chi connectivity index (χ0v) is 8.02. The van der Waals surface area contributed by atoms with E-state index in [0.29, 0.717) is 11.3 Å². The molecule has 0 aromatic carbocycles. The van der Waals surface area contributed by atoms with Gasteiger partial charge in [0.1, 0.15) is 0 Å². The molecule has 0 spiro atoms. The van der Waals surface area contributed by atoms with Crippen LogP contribution in [0.1, 0.15) is 44.5 Å². The molecule has 1 aliphatic carbocycles. The molecule has 2 heteroatoms. The van der Waals surface area contributed by atoms with Crippen LogP contribution in [-0.2, 0) is 6.42 Å². The maximum absolute atomic E-state index is 4.39. The molecular weight excluding hydrogens is 148 g/mol. The summed E-state index contributed by atoms with van der Waals surface area (Å²) >= 11 is 0. The van der Waals surface area contributed by atoms with Crippen molar-refractivity contribution in [3.63, 3.8) is 0 Å². The second-order valence-electron chi connectivity index (χ2n) is 4.72. The number of rotatable bonds is 0. The average molecular weight is 164 g/mol. The summed E-state index contributed by atoms with van der Waals surface area (Å²) in [6.45, 7) is 6.88. The largest absolute Gasteiger partial charge is 0.348 e. The first-order valence-electron chi connectivity index (χ1n) is 4.61. The van der Waals surface area contributed by atoms with Crippen molar-refractivity contribution in [2.45, 2.75) is 39.5 Å².